The highest BCUT2D eigenvalue weighted by atomic mass is 32.2. The van der Waals surface area contributed by atoms with Gasteiger partial charge in [-0.05, 0) is 44.9 Å². The molecule has 1 N–H and O–H groups in total. The summed E-state index contributed by atoms with van der Waals surface area (Å²) in [6.07, 6.45) is 0.279. The number of thioether (sulfide) groups is 1. The van der Waals surface area contributed by atoms with Crippen molar-refractivity contribution >= 4 is 29.5 Å². The Morgan fingerprint density at radius 1 is 1.07 bits per heavy atom. The topological polar surface area (TPSA) is 64.6 Å². The van der Waals surface area contributed by atoms with Crippen LogP contribution in [0.15, 0.2) is 53.4 Å². The third-order valence-electron chi connectivity index (χ3n) is 3.87. The van der Waals surface area contributed by atoms with Crippen molar-refractivity contribution in [3.05, 3.63) is 59.7 Å². The number of carbonyl (C=O) groups is 2. The van der Waals surface area contributed by atoms with Crippen molar-refractivity contribution in [1.82, 2.24) is 0 Å². The minimum Gasteiger partial charge on any atom is -0.465 e. The van der Waals surface area contributed by atoms with E-state index in [1.54, 1.807) is 44.7 Å². The summed E-state index contributed by atoms with van der Waals surface area (Å²) < 4.78 is 10.3. The Labute approximate surface area is 170 Å². The van der Waals surface area contributed by atoms with E-state index in [1.807, 2.05) is 24.3 Å². The SMILES string of the molecule is CCC(Sc1cccc(C(=O)OC)c1NC(=O)OC(C)(C)C)c1ccccc1. The van der Waals surface area contributed by atoms with Gasteiger partial charge in [0.2, 0.25) is 0 Å². The van der Waals surface area contributed by atoms with Gasteiger partial charge in [0.25, 0.3) is 0 Å². The predicted octanol–water partition coefficient (Wildman–Crippen LogP) is 6.06. The lowest BCUT2D eigenvalue weighted by atomic mass is 10.1. The summed E-state index contributed by atoms with van der Waals surface area (Å²) in [5.74, 6) is -0.513. The van der Waals surface area contributed by atoms with Gasteiger partial charge >= 0.3 is 12.1 Å². The second-order valence-corrected chi connectivity index (χ2v) is 8.47. The van der Waals surface area contributed by atoms with Crippen LogP contribution in [0.3, 0.4) is 0 Å². The molecule has 1 unspecified atom stereocenters. The maximum absolute atomic E-state index is 12.4. The third-order valence-corrected chi connectivity index (χ3v) is 5.35. The third kappa shape index (κ3) is 6.02. The molecule has 28 heavy (non-hydrogen) atoms. The molecule has 1 amide bonds. The average Bonchev–Trinajstić information content (AvgIpc) is 2.65. The average molecular weight is 402 g/mol. The fourth-order valence-corrected chi connectivity index (χ4v) is 3.85. The van der Waals surface area contributed by atoms with Gasteiger partial charge < -0.3 is 9.47 Å². The van der Waals surface area contributed by atoms with E-state index in [9.17, 15) is 9.59 Å². The molecule has 2 aromatic carbocycles. The van der Waals surface area contributed by atoms with Crippen molar-refractivity contribution in [2.75, 3.05) is 12.4 Å². The van der Waals surface area contributed by atoms with Gasteiger partial charge in [-0.1, -0.05) is 43.3 Å². The number of amides is 1. The summed E-state index contributed by atoms with van der Waals surface area (Å²) in [4.78, 5) is 25.4. The second kappa shape index (κ2) is 9.64. The number of hydrogen-bond donors (Lipinski definition) is 1. The standard InChI is InChI=1S/C22H27NO4S/c1-6-17(15-11-8-7-9-12-15)28-18-14-10-13-16(20(24)26-5)19(18)23-21(25)27-22(2,3)4/h7-14,17H,6H2,1-5H3,(H,23,25). The number of para-hydroxylation sites is 1. The van der Waals surface area contributed by atoms with E-state index >= 15 is 0 Å². The van der Waals surface area contributed by atoms with Gasteiger partial charge in [-0.2, -0.15) is 0 Å². The maximum atomic E-state index is 12.4. The summed E-state index contributed by atoms with van der Waals surface area (Å²) in [6, 6.07) is 15.4. The van der Waals surface area contributed by atoms with Crippen molar-refractivity contribution in [1.29, 1.82) is 0 Å². The molecular weight excluding hydrogens is 374 g/mol. The zero-order valence-corrected chi connectivity index (χ0v) is 17.8. The van der Waals surface area contributed by atoms with Crippen LogP contribution in [-0.4, -0.2) is 24.8 Å². The molecule has 1 atom stereocenters. The van der Waals surface area contributed by atoms with Crippen LogP contribution in [0.5, 0.6) is 0 Å². The van der Waals surface area contributed by atoms with Gasteiger partial charge in [-0.25, -0.2) is 9.59 Å². The van der Waals surface area contributed by atoms with Crippen LogP contribution in [-0.2, 0) is 9.47 Å². The normalized spacial score (nSPS) is 12.2. The van der Waals surface area contributed by atoms with Gasteiger partial charge in [0.05, 0.1) is 18.4 Å². The lowest BCUT2D eigenvalue weighted by Crippen LogP contribution is -2.28. The number of benzene rings is 2. The highest BCUT2D eigenvalue weighted by Gasteiger charge is 2.23. The number of hydrogen-bond acceptors (Lipinski definition) is 5. The van der Waals surface area contributed by atoms with Gasteiger partial charge in [0.15, 0.2) is 0 Å². The minimum absolute atomic E-state index is 0.174. The number of ether oxygens (including phenoxy) is 2. The first-order valence-corrected chi connectivity index (χ1v) is 10.1. The Morgan fingerprint density at radius 2 is 1.75 bits per heavy atom. The largest absolute Gasteiger partial charge is 0.465 e. The molecule has 0 fully saturated rings. The van der Waals surface area contributed by atoms with Gasteiger partial charge in [-0.3, -0.25) is 5.32 Å². The van der Waals surface area contributed by atoms with E-state index in [0.29, 0.717) is 11.3 Å². The van der Waals surface area contributed by atoms with E-state index < -0.39 is 17.7 Å². The molecule has 0 saturated heterocycles. The maximum Gasteiger partial charge on any atom is 0.412 e. The number of carbonyl (C=O) groups excluding carboxylic acids is 2. The molecule has 0 heterocycles. The molecule has 0 aromatic heterocycles. The molecule has 0 radical (unpaired) electrons. The number of nitrogens with one attached hydrogen (secondary N) is 1. The summed E-state index contributed by atoms with van der Waals surface area (Å²) in [5, 5.41) is 2.92. The Bertz CT molecular complexity index is 815. The number of anilines is 1. The first kappa shape index (κ1) is 21.8. The van der Waals surface area contributed by atoms with Crippen molar-refractivity contribution < 1.29 is 19.1 Å². The first-order chi connectivity index (χ1) is 13.2. The van der Waals surface area contributed by atoms with E-state index in [4.69, 9.17) is 9.47 Å². The van der Waals surface area contributed by atoms with Crippen molar-refractivity contribution in [3.63, 3.8) is 0 Å². The van der Waals surface area contributed by atoms with E-state index in [1.165, 1.54) is 12.7 Å². The predicted molar refractivity (Wildman–Crippen MR) is 113 cm³/mol. The number of esters is 1. The Kier molecular flexibility index (Phi) is 7.52. The highest BCUT2D eigenvalue weighted by Crippen LogP contribution is 2.42. The number of methoxy groups -OCH3 is 1. The summed E-state index contributed by atoms with van der Waals surface area (Å²) >= 11 is 1.59. The Balaban J connectivity index is 2.39. The zero-order chi connectivity index (χ0) is 20.7. The smallest absolute Gasteiger partial charge is 0.412 e. The molecule has 0 saturated carbocycles. The monoisotopic (exact) mass is 401 g/mol. The lowest BCUT2D eigenvalue weighted by Gasteiger charge is -2.22. The molecule has 0 aliphatic heterocycles. The van der Waals surface area contributed by atoms with Crippen LogP contribution in [0.1, 0.15) is 55.3 Å². The summed E-state index contributed by atoms with van der Waals surface area (Å²) in [7, 11) is 1.32. The first-order valence-electron chi connectivity index (χ1n) is 9.18. The fraction of sp³-hybridized carbons (Fsp3) is 0.364. The van der Waals surface area contributed by atoms with Crippen LogP contribution in [0.4, 0.5) is 10.5 Å². The Hall–Kier alpha value is -2.47. The van der Waals surface area contributed by atoms with Crippen LogP contribution >= 0.6 is 11.8 Å². The Morgan fingerprint density at radius 3 is 2.32 bits per heavy atom. The fourth-order valence-electron chi connectivity index (χ4n) is 2.65. The van der Waals surface area contributed by atoms with Crippen molar-refractivity contribution in [3.8, 4) is 0 Å². The van der Waals surface area contributed by atoms with Gasteiger partial charge in [0, 0.05) is 10.1 Å². The molecule has 5 nitrogen and oxygen atoms in total. The molecular formula is C22H27NO4S. The zero-order valence-electron chi connectivity index (χ0n) is 16.9. The van der Waals surface area contributed by atoms with Gasteiger partial charge in [0.1, 0.15) is 5.60 Å². The van der Waals surface area contributed by atoms with E-state index in [2.05, 4.69) is 24.4 Å². The molecule has 150 valence electrons. The molecule has 2 rings (SSSR count). The quantitative estimate of drug-likeness (QED) is 0.470. The molecule has 2 aromatic rings. The van der Waals surface area contributed by atoms with Crippen LogP contribution in [0, 0.1) is 0 Å². The van der Waals surface area contributed by atoms with Crippen molar-refractivity contribution in [2.24, 2.45) is 0 Å². The second-order valence-electron chi connectivity index (χ2n) is 7.22. The molecule has 6 heteroatoms. The van der Waals surface area contributed by atoms with Crippen LogP contribution in [0.25, 0.3) is 0 Å². The summed E-state index contributed by atoms with van der Waals surface area (Å²) in [5.41, 5.74) is 1.24. The van der Waals surface area contributed by atoms with E-state index in [0.717, 1.165) is 11.3 Å². The minimum atomic E-state index is -0.645. The van der Waals surface area contributed by atoms with Gasteiger partial charge in [-0.15, -0.1) is 11.8 Å². The van der Waals surface area contributed by atoms with Crippen molar-refractivity contribution in [2.45, 2.75) is 49.9 Å². The molecule has 0 aliphatic carbocycles. The summed E-state index contributed by atoms with van der Waals surface area (Å²) in [6.45, 7) is 7.47. The molecule has 0 spiro atoms. The molecule has 0 aliphatic rings. The lowest BCUT2D eigenvalue weighted by molar-refractivity contribution is 0.0601. The number of rotatable bonds is 6. The van der Waals surface area contributed by atoms with Crippen LogP contribution < -0.4 is 5.32 Å². The molecule has 0 bridgehead atoms. The van der Waals surface area contributed by atoms with Crippen LogP contribution in [0.2, 0.25) is 0 Å². The van der Waals surface area contributed by atoms with E-state index in [-0.39, 0.29) is 5.25 Å². The highest BCUT2D eigenvalue weighted by molar-refractivity contribution is 7.99.